The maximum absolute atomic E-state index is 12.6. The minimum atomic E-state index is -0.453. The van der Waals surface area contributed by atoms with Gasteiger partial charge in [-0.2, -0.15) is 0 Å². The van der Waals surface area contributed by atoms with Gasteiger partial charge in [0.25, 0.3) is 5.91 Å². The van der Waals surface area contributed by atoms with Gasteiger partial charge in [0.15, 0.2) is 11.5 Å². The van der Waals surface area contributed by atoms with Crippen molar-refractivity contribution in [1.29, 1.82) is 0 Å². The lowest BCUT2D eigenvalue weighted by Crippen LogP contribution is -2.52. The molecule has 0 aliphatic carbocycles. The molecule has 1 amide bonds. The molecule has 1 aromatic carbocycles. The van der Waals surface area contributed by atoms with Crippen LogP contribution in [0.1, 0.15) is 37.6 Å². The number of fused-ring (bicyclic) bond motifs is 1. The lowest BCUT2D eigenvalue weighted by molar-refractivity contribution is 0.0896. The summed E-state index contributed by atoms with van der Waals surface area (Å²) >= 11 is 0. The van der Waals surface area contributed by atoms with E-state index >= 15 is 0 Å². The van der Waals surface area contributed by atoms with Crippen molar-refractivity contribution in [1.82, 2.24) is 5.32 Å². The molecule has 0 aromatic heterocycles. The molecule has 0 saturated carbocycles. The van der Waals surface area contributed by atoms with Crippen molar-refractivity contribution in [3.05, 3.63) is 17.7 Å². The molecule has 1 aliphatic rings. The molecule has 6 nitrogen and oxygen atoms in total. The number of hydrogen-bond acceptors (Lipinski definition) is 5. The van der Waals surface area contributed by atoms with E-state index in [1.165, 1.54) is 7.11 Å². The van der Waals surface area contributed by atoms with Gasteiger partial charge in [0.1, 0.15) is 13.2 Å². The molecule has 1 heterocycles. The first-order valence-corrected chi connectivity index (χ1v) is 7.89. The minimum Gasteiger partial charge on any atom is -0.493 e. The number of hydrogen-bond donors (Lipinski definition) is 2. The molecule has 1 aromatic rings. The number of nitrogens with two attached hydrogens (primary N) is 1. The summed E-state index contributed by atoms with van der Waals surface area (Å²) in [5.74, 6) is 1.79. The maximum Gasteiger partial charge on any atom is 0.252 e. The summed E-state index contributed by atoms with van der Waals surface area (Å²) in [6.07, 6.45) is 0.803. The second kappa shape index (κ2) is 8.44. The minimum absolute atomic E-state index is 0. The highest BCUT2D eigenvalue weighted by molar-refractivity contribution is 5.96. The van der Waals surface area contributed by atoms with E-state index in [0.717, 1.165) is 6.42 Å². The van der Waals surface area contributed by atoms with Crippen LogP contribution in [0.3, 0.4) is 0 Å². The van der Waals surface area contributed by atoms with E-state index in [1.807, 2.05) is 6.92 Å². The zero-order valence-electron chi connectivity index (χ0n) is 14.7. The predicted molar refractivity (Wildman–Crippen MR) is 95.6 cm³/mol. The quantitative estimate of drug-likeness (QED) is 0.815. The van der Waals surface area contributed by atoms with E-state index < -0.39 is 5.54 Å². The van der Waals surface area contributed by atoms with Crippen molar-refractivity contribution in [2.24, 2.45) is 11.7 Å². The fourth-order valence-corrected chi connectivity index (χ4v) is 2.84. The monoisotopic (exact) mass is 358 g/mol. The van der Waals surface area contributed by atoms with Gasteiger partial charge in [-0.1, -0.05) is 13.8 Å². The summed E-state index contributed by atoms with van der Waals surface area (Å²) in [7, 11) is 1.54. The second-order valence-electron chi connectivity index (χ2n) is 6.52. The number of nitrogens with one attached hydrogen (secondary N) is 1. The number of carbonyl (C=O) groups is 1. The Kier molecular flexibility index (Phi) is 7.17. The van der Waals surface area contributed by atoms with E-state index in [1.54, 1.807) is 12.1 Å². The van der Waals surface area contributed by atoms with Crippen LogP contribution in [0.5, 0.6) is 17.2 Å². The Labute approximate surface area is 149 Å². The molecule has 3 N–H and O–H groups in total. The molecule has 0 bridgehead atoms. The van der Waals surface area contributed by atoms with Crippen LogP contribution in [-0.4, -0.2) is 38.3 Å². The smallest absolute Gasteiger partial charge is 0.252 e. The van der Waals surface area contributed by atoms with E-state index in [0.29, 0.717) is 48.5 Å². The van der Waals surface area contributed by atoms with Gasteiger partial charge >= 0.3 is 0 Å². The first kappa shape index (κ1) is 20.4. The van der Waals surface area contributed by atoms with Gasteiger partial charge < -0.3 is 25.3 Å². The summed E-state index contributed by atoms with van der Waals surface area (Å²) in [6.45, 7) is 7.46. The Morgan fingerprint density at radius 1 is 1.38 bits per heavy atom. The highest BCUT2D eigenvalue weighted by Crippen LogP contribution is 2.40. The van der Waals surface area contributed by atoms with Crippen LogP contribution in [0.25, 0.3) is 0 Å². The fourth-order valence-electron chi connectivity index (χ4n) is 2.84. The highest BCUT2D eigenvalue weighted by Gasteiger charge is 2.28. The Morgan fingerprint density at radius 3 is 2.62 bits per heavy atom. The number of halogens is 1. The maximum atomic E-state index is 12.6. The molecular weight excluding hydrogens is 332 g/mol. The third-order valence-corrected chi connectivity index (χ3v) is 3.81. The van der Waals surface area contributed by atoms with Crippen molar-refractivity contribution >= 4 is 18.3 Å². The summed E-state index contributed by atoms with van der Waals surface area (Å²) in [6, 6.07) is 3.34. The van der Waals surface area contributed by atoms with Gasteiger partial charge in [0, 0.05) is 17.6 Å². The standard InChI is InChI=1S/C17H26N2O4.ClH/c1-11(2)9-17(3,10-18)19-16(20)12-7-13(21-4)15-14(8-12)22-5-6-23-15;/h7-8,11H,5-6,9-10,18H2,1-4H3,(H,19,20);1H. The Bertz CT molecular complexity index is 563. The third-order valence-electron chi connectivity index (χ3n) is 3.81. The van der Waals surface area contributed by atoms with Crippen molar-refractivity contribution in [2.45, 2.75) is 32.7 Å². The summed E-state index contributed by atoms with van der Waals surface area (Å²) in [5, 5.41) is 3.03. The van der Waals surface area contributed by atoms with Crippen LogP contribution < -0.4 is 25.3 Å². The molecule has 1 unspecified atom stereocenters. The first-order valence-electron chi connectivity index (χ1n) is 7.89. The molecule has 1 aliphatic heterocycles. The van der Waals surface area contributed by atoms with Gasteiger partial charge in [-0.25, -0.2) is 0 Å². The van der Waals surface area contributed by atoms with Crippen LogP contribution in [0, 0.1) is 5.92 Å². The number of carbonyl (C=O) groups excluding carboxylic acids is 1. The second-order valence-corrected chi connectivity index (χ2v) is 6.52. The molecule has 0 fully saturated rings. The lowest BCUT2D eigenvalue weighted by Gasteiger charge is -2.31. The van der Waals surface area contributed by atoms with Crippen LogP contribution >= 0.6 is 12.4 Å². The zero-order chi connectivity index (χ0) is 17.0. The summed E-state index contributed by atoms with van der Waals surface area (Å²) in [5.41, 5.74) is 5.88. The van der Waals surface area contributed by atoms with Crippen molar-refractivity contribution in [3.63, 3.8) is 0 Å². The van der Waals surface area contributed by atoms with Gasteiger partial charge in [-0.05, 0) is 31.4 Å². The Balaban J connectivity index is 0.00000288. The van der Waals surface area contributed by atoms with Gasteiger partial charge in [0.05, 0.1) is 7.11 Å². The van der Waals surface area contributed by atoms with E-state index in [4.69, 9.17) is 19.9 Å². The molecule has 136 valence electrons. The molecule has 0 saturated heterocycles. The van der Waals surface area contributed by atoms with E-state index in [-0.39, 0.29) is 18.3 Å². The van der Waals surface area contributed by atoms with Gasteiger partial charge in [-0.3, -0.25) is 4.79 Å². The fraction of sp³-hybridized carbons (Fsp3) is 0.588. The van der Waals surface area contributed by atoms with Crippen LogP contribution in [0.4, 0.5) is 0 Å². The molecule has 1 atom stereocenters. The summed E-state index contributed by atoms with van der Waals surface area (Å²) < 4.78 is 16.4. The van der Waals surface area contributed by atoms with Gasteiger partial charge in [-0.15, -0.1) is 12.4 Å². The average Bonchev–Trinajstić information content (AvgIpc) is 2.52. The SMILES string of the molecule is COc1cc(C(=O)NC(C)(CN)CC(C)C)cc2c1OCCO2.Cl. The van der Waals surface area contributed by atoms with Crippen molar-refractivity contribution in [2.75, 3.05) is 26.9 Å². The molecule has 7 heteroatoms. The molecule has 2 rings (SSSR count). The third kappa shape index (κ3) is 4.68. The van der Waals surface area contributed by atoms with Crippen LogP contribution in [0.15, 0.2) is 12.1 Å². The number of benzene rings is 1. The largest absolute Gasteiger partial charge is 0.493 e. The predicted octanol–water partition coefficient (Wildman–Crippen LogP) is 2.38. The normalized spacial score (nSPS) is 15.2. The van der Waals surface area contributed by atoms with Crippen LogP contribution in [0.2, 0.25) is 0 Å². The van der Waals surface area contributed by atoms with Crippen molar-refractivity contribution < 1.29 is 19.0 Å². The molecule has 24 heavy (non-hydrogen) atoms. The van der Waals surface area contributed by atoms with Gasteiger partial charge in [0.2, 0.25) is 5.75 Å². The highest BCUT2D eigenvalue weighted by atomic mass is 35.5. The molecule has 0 spiro atoms. The molecule has 0 radical (unpaired) electrons. The Hall–Kier alpha value is -1.66. The Morgan fingerprint density at radius 2 is 2.04 bits per heavy atom. The zero-order valence-corrected chi connectivity index (χ0v) is 15.5. The van der Waals surface area contributed by atoms with E-state index in [2.05, 4.69) is 19.2 Å². The topological polar surface area (TPSA) is 82.8 Å². The number of methoxy groups -OCH3 is 1. The van der Waals surface area contributed by atoms with Crippen molar-refractivity contribution in [3.8, 4) is 17.2 Å². The molecular formula is C17H27ClN2O4. The lowest BCUT2D eigenvalue weighted by atomic mass is 9.90. The van der Waals surface area contributed by atoms with E-state index in [9.17, 15) is 4.79 Å². The summed E-state index contributed by atoms with van der Waals surface area (Å²) in [4.78, 5) is 12.6. The number of ether oxygens (including phenoxy) is 3. The van der Waals surface area contributed by atoms with Crippen LogP contribution in [-0.2, 0) is 0 Å². The average molecular weight is 359 g/mol. The number of amides is 1. The first-order chi connectivity index (χ1) is 10.9. The number of rotatable bonds is 6.